The van der Waals surface area contributed by atoms with Crippen LogP contribution in [0.5, 0.6) is 11.5 Å². The predicted octanol–water partition coefficient (Wildman–Crippen LogP) is 2.70. The third-order valence-corrected chi connectivity index (χ3v) is 5.67. The van der Waals surface area contributed by atoms with Crippen molar-refractivity contribution in [3.8, 4) is 11.5 Å². The minimum absolute atomic E-state index is 0.00148. The lowest BCUT2D eigenvalue weighted by molar-refractivity contribution is -0.129. The van der Waals surface area contributed by atoms with Crippen LogP contribution in [0.15, 0.2) is 41.4 Å². The van der Waals surface area contributed by atoms with Crippen molar-refractivity contribution < 1.29 is 27.4 Å². The zero-order chi connectivity index (χ0) is 23.0. The van der Waals surface area contributed by atoms with Crippen LogP contribution in [0.25, 0.3) is 0 Å². The van der Waals surface area contributed by atoms with Crippen molar-refractivity contribution in [2.75, 3.05) is 13.7 Å². The van der Waals surface area contributed by atoms with E-state index in [0.29, 0.717) is 23.7 Å². The highest BCUT2D eigenvalue weighted by atomic mass is 19.3. The van der Waals surface area contributed by atoms with Crippen LogP contribution in [0.2, 0.25) is 0 Å². The van der Waals surface area contributed by atoms with Gasteiger partial charge in [-0.05, 0) is 54.2 Å². The molecule has 1 saturated carbocycles. The highest BCUT2D eigenvalue weighted by Gasteiger charge is 2.50. The van der Waals surface area contributed by atoms with Gasteiger partial charge >= 0.3 is 6.61 Å². The van der Waals surface area contributed by atoms with Gasteiger partial charge in [0, 0.05) is 19.2 Å². The van der Waals surface area contributed by atoms with E-state index in [1.807, 2.05) is 0 Å². The zero-order valence-corrected chi connectivity index (χ0v) is 17.4. The van der Waals surface area contributed by atoms with Crippen molar-refractivity contribution in [3.05, 3.63) is 58.9 Å². The zero-order valence-electron chi connectivity index (χ0n) is 17.4. The summed E-state index contributed by atoms with van der Waals surface area (Å²) in [4.78, 5) is 19.0. The van der Waals surface area contributed by atoms with Gasteiger partial charge in [0.05, 0.1) is 6.61 Å². The van der Waals surface area contributed by atoms with Crippen LogP contribution in [-0.2, 0) is 16.9 Å². The Hall–Kier alpha value is -3.27. The highest BCUT2D eigenvalue weighted by molar-refractivity contribution is 6.09. The van der Waals surface area contributed by atoms with E-state index in [-0.39, 0.29) is 29.6 Å². The molecule has 0 unspecified atom stereocenters. The number of amides is 1. The minimum Gasteiger partial charge on any atom is -0.490 e. The molecule has 1 atom stereocenters. The number of guanidine groups is 1. The Morgan fingerprint density at radius 2 is 1.88 bits per heavy atom. The first-order valence-electron chi connectivity index (χ1n) is 10.1. The average Bonchev–Trinajstić information content (AvgIpc) is 3.57. The third-order valence-electron chi connectivity index (χ3n) is 5.67. The minimum atomic E-state index is -3.03. The van der Waals surface area contributed by atoms with Crippen molar-refractivity contribution in [1.82, 2.24) is 4.90 Å². The van der Waals surface area contributed by atoms with Gasteiger partial charge in [-0.2, -0.15) is 8.78 Å². The molecule has 10 heteroatoms. The monoisotopic (exact) mass is 448 g/mol. The van der Waals surface area contributed by atoms with E-state index in [1.165, 1.54) is 48.3 Å². The second-order valence-corrected chi connectivity index (χ2v) is 7.85. The maximum Gasteiger partial charge on any atom is 0.387 e. The molecule has 1 amide bonds. The van der Waals surface area contributed by atoms with Crippen LogP contribution in [0.4, 0.5) is 13.2 Å². The fourth-order valence-corrected chi connectivity index (χ4v) is 3.69. The molecule has 0 aromatic heterocycles. The number of benzene rings is 2. The van der Waals surface area contributed by atoms with Crippen molar-refractivity contribution in [2.24, 2.45) is 22.4 Å². The predicted molar refractivity (Wildman–Crippen MR) is 111 cm³/mol. The summed E-state index contributed by atoms with van der Waals surface area (Å²) in [7, 11) is 1.47. The van der Waals surface area contributed by atoms with E-state index in [0.717, 1.165) is 12.8 Å². The number of carbonyl (C=O) groups excluding carboxylic acids is 1. The van der Waals surface area contributed by atoms with Crippen LogP contribution >= 0.6 is 0 Å². The Morgan fingerprint density at radius 1 is 1.19 bits per heavy atom. The molecule has 1 fully saturated rings. The molecule has 7 nitrogen and oxygen atoms in total. The lowest BCUT2D eigenvalue weighted by Gasteiger charge is -2.27. The molecular weight excluding hydrogens is 425 g/mol. The van der Waals surface area contributed by atoms with Crippen molar-refractivity contribution >= 4 is 11.9 Å². The Bertz CT molecular complexity index is 1070. The van der Waals surface area contributed by atoms with Gasteiger partial charge in [0.2, 0.25) is 0 Å². The summed E-state index contributed by atoms with van der Waals surface area (Å²) >= 11 is 0. The number of aliphatic imine (C=N–C) groups is 1. The van der Waals surface area contributed by atoms with Crippen LogP contribution in [0.3, 0.4) is 0 Å². The van der Waals surface area contributed by atoms with E-state index >= 15 is 0 Å². The van der Waals surface area contributed by atoms with Crippen LogP contribution in [-0.4, -0.2) is 37.0 Å². The molecular formula is C22H23F3N4O3. The number of hydrogen-bond acceptors (Lipinski definition) is 6. The Labute approximate surface area is 182 Å². The van der Waals surface area contributed by atoms with E-state index in [2.05, 4.69) is 9.73 Å². The van der Waals surface area contributed by atoms with Gasteiger partial charge in [0.1, 0.15) is 5.75 Å². The summed E-state index contributed by atoms with van der Waals surface area (Å²) in [5.41, 5.74) is 11.0. The molecule has 2 aliphatic rings. The second kappa shape index (κ2) is 8.34. The SMILES string of the molecule is CN1C(=O)[C@](c2ccc(OC(F)F)c(CN)c2)(c2ccc(F)c(OCC3CC3)c2)N=C1N. The first-order valence-corrected chi connectivity index (χ1v) is 10.1. The standard InChI is InChI=1S/C22H23F3N4O3/c1-29-19(30)22(28-21(29)27,14-5-7-17(32-20(24)25)13(8-14)10-26)15-4-6-16(23)18(9-15)31-11-12-2-3-12/h4-9,12,20H,2-3,10-11,26H2,1H3,(H2,27,28)/t22-/m0/s1. The van der Waals surface area contributed by atoms with Gasteiger partial charge in [0.15, 0.2) is 23.1 Å². The molecule has 4 rings (SSSR count). The Balaban J connectivity index is 1.83. The molecule has 4 N–H and O–H groups in total. The summed E-state index contributed by atoms with van der Waals surface area (Å²) in [6.45, 7) is -2.77. The summed E-state index contributed by atoms with van der Waals surface area (Å²) < 4.78 is 50.1. The first kappa shape index (κ1) is 21.9. The maximum atomic E-state index is 14.4. The van der Waals surface area contributed by atoms with Crippen molar-refractivity contribution in [3.63, 3.8) is 0 Å². The molecule has 1 heterocycles. The number of carbonyl (C=O) groups is 1. The molecule has 0 saturated heterocycles. The Morgan fingerprint density at radius 3 is 2.47 bits per heavy atom. The van der Waals surface area contributed by atoms with Crippen molar-refractivity contribution in [2.45, 2.75) is 31.5 Å². The largest absolute Gasteiger partial charge is 0.490 e. The molecule has 170 valence electrons. The number of likely N-dealkylation sites (N-methyl/N-ethyl adjacent to an activating group) is 1. The molecule has 32 heavy (non-hydrogen) atoms. The molecule has 1 aliphatic heterocycles. The average molecular weight is 448 g/mol. The smallest absolute Gasteiger partial charge is 0.387 e. The third kappa shape index (κ3) is 3.86. The summed E-state index contributed by atoms with van der Waals surface area (Å²) in [6.07, 6.45) is 2.06. The molecule has 2 aromatic rings. The van der Waals surface area contributed by atoms with Gasteiger partial charge in [-0.15, -0.1) is 0 Å². The summed E-state index contributed by atoms with van der Waals surface area (Å²) in [5, 5.41) is 0. The van der Waals surface area contributed by atoms with Gasteiger partial charge in [-0.25, -0.2) is 9.38 Å². The van der Waals surface area contributed by atoms with Gasteiger partial charge in [-0.1, -0.05) is 12.1 Å². The van der Waals surface area contributed by atoms with E-state index in [9.17, 15) is 18.0 Å². The molecule has 2 aromatic carbocycles. The van der Waals surface area contributed by atoms with Crippen molar-refractivity contribution in [1.29, 1.82) is 0 Å². The molecule has 1 aliphatic carbocycles. The number of halogens is 3. The lowest BCUT2D eigenvalue weighted by Crippen LogP contribution is -2.41. The summed E-state index contributed by atoms with van der Waals surface area (Å²) in [6, 6.07) is 8.28. The fraction of sp³-hybridized carbons (Fsp3) is 0.364. The number of rotatable bonds is 8. The number of nitrogens with two attached hydrogens (primary N) is 2. The first-order chi connectivity index (χ1) is 15.3. The normalized spacial score (nSPS) is 20.6. The topological polar surface area (TPSA) is 103 Å². The molecule has 0 bridgehead atoms. The highest BCUT2D eigenvalue weighted by Crippen LogP contribution is 2.42. The number of ether oxygens (including phenoxy) is 2. The number of alkyl halides is 2. The van der Waals surface area contributed by atoms with Gasteiger partial charge < -0.3 is 20.9 Å². The summed E-state index contributed by atoms with van der Waals surface area (Å²) in [5.74, 6) is -0.799. The number of hydrogen-bond donors (Lipinski definition) is 2. The van der Waals surface area contributed by atoms with Gasteiger partial charge in [0.25, 0.3) is 5.91 Å². The second-order valence-electron chi connectivity index (χ2n) is 7.85. The van der Waals surface area contributed by atoms with E-state index in [4.69, 9.17) is 16.2 Å². The molecule has 0 spiro atoms. The number of nitrogens with zero attached hydrogens (tertiary/aromatic N) is 2. The van der Waals surface area contributed by atoms with Gasteiger partial charge in [-0.3, -0.25) is 9.69 Å². The van der Waals surface area contributed by atoms with E-state index in [1.54, 1.807) is 0 Å². The fourth-order valence-electron chi connectivity index (χ4n) is 3.69. The van der Waals surface area contributed by atoms with Crippen LogP contribution in [0.1, 0.15) is 29.5 Å². The van der Waals surface area contributed by atoms with E-state index < -0.39 is 23.9 Å². The Kier molecular flexibility index (Phi) is 5.72. The van der Waals surface area contributed by atoms with Crippen LogP contribution < -0.4 is 20.9 Å². The van der Waals surface area contributed by atoms with Crippen LogP contribution in [0, 0.1) is 11.7 Å². The quantitative estimate of drug-likeness (QED) is 0.647. The lowest BCUT2D eigenvalue weighted by atomic mass is 9.82. The maximum absolute atomic E-state index is 14.4. The molecule has 0 radical (unpaired) electrons.